The summed E-state index contributed by atoms with van der Waals surface area (Å²) in [4.78, 5) is 8.21. The first-order chi connectivity index (χ1) is 7.32. The van der Waals surface area contributed by atoms with Crippen LogP contribution in [0.15, 0.2) is 12.3 Å². The van der Waals surface area contributed by atoms with Gasteiger partial charge in [-0.3, -0.25) is 0 Å². The van der Waals surface area contributed by atoms with Crippen LogP contribution in [-0.4, -0.2) is 28.3 Å². The second-order valence-electron chi connectivity index (χ2n) is 4.93. The van der Waals surface area contributed by atoms with Crippen molar-refractivity contribution in [2.45, 2.75) is 38.9 Å². The molecule has 2 rings (SSSR count). The van der Waals surface area contributed by atoms with Crippen molar-refractivity contribution in [2.24, 2.45) is 0 Å². The van der Waals surface area contributed by atoms with E-state index in [0.717, 1.165) is 0 Å². The van der Waals surface area contributed by atoms with E-state index < -0.39 is 7.12 Å². The highest BCUT2D eigenvalue weighted by molar-refractivity contribution is 6.60. The predicted octanol–water partition coefficient (Wildman–Crippen LogP) is 0.358. The molecular formula is C10H16BN3O2. The lowest BCUT2D eigenvalue weighted by Crippen LogP contribution is -2.41. The van der Waals surface area contributed by atoms with Crippen molar-refractivity contribution in [3.8, 4) is 0 Å². The first kappa shape index (κ1) is 11.4. The highest BCUT2D eigenvalue weighted by Crippen LogP contribution is 2.36. The fraction of sp³-hybridized carbons (Fsp3) is 0.600. The van der Waals surface area contributed by atoms with Gasteiger partial charge in [0.2, 0.25) is 0 Å². The van der Waals surface area contributed by atoms with Crippen LogP contribution in [0.25, 0.3) is 0 Å². The van der Waals surface area contributed by atoms with E-state index in [4.69, 9.17) is 15.0 Å². The van der Waals surface area contributed by atoms with Gasteiger partial charge in [-0.25, -0.2) is 9.97 Å². The van der Waals surface area contributed by atoms with E-state index in [-0.39, 0.29) is 11.2 Å². The molecule has 6 heteroatoms. The Hall–Kier alpha value is -1.14. The van der Waals surface area contributed by atoms with Crippen LogP contribution in [0.5, 0.6) is 0 Å². The summed E-state index contributed by atoms with van der Waals surface area (Å²) in [5.41, 5.74) is 5.30. The molecule has 5 nitrogen and oxygen atoms in total. The smallest absolute Gasteiger partial charge is 0.397 e. The lowest BCUT2D eigenvalue weighted by molar-refractivity contribution is 0.00578. The standard InChI is InChI=1S/C10H16BN3O2/c1-9(2)10(3,4)16-11(15-9)8-13-6-5-7(12)14-8/h5-6H,1-4H3,(H2,12,13,14). The van der Waals surface area contributed by atoms with Crippen LogP contribution in [0.4, 0.5) is 5.82 Å². The summed E-state index contributed by atoms with van der Waals surface area (Å²) in [7, 11) is -0.548. The SMILES string of the molecule is CC1(C)OB(c2nccc(N)n2)OC1(C)C. The lowest BCUT2D eigenvalue weighted by atomic mass is 9.89. The maximum Gasteiger partial charge on any atom is 0.534 e. The van der Waals surface area contributed by atoms with Crippen molar-refractivity contribution in [3.63, 3.8) is 0 Å². The number of nitrogens with zero attached hydrogens (tertiary/aromatic N) is 2. The summed E-state index contributed by atoms with van der Waals surface area (Å²) in [5.74, 6) is 0.416. The largest absolute Gasteiger partial charge is 0.534 e. The quantitative estimate of drug-likeness (QED) is 0.693. The number of hydrogen-bond donors (Lipinski definition) is 1. The molecule has 0 spiro atoms. The molecule has 0 bridgehead atoms. The summed E-state index contributed by atoms with van der Waals surface area (Å²) in [6, 6.07) is 1.63. The first-order valence-corrected chi connectivity index (χ1v) is 5.26. The van der Waals surface area contributed by atoms with Crippen molar-refractivity contribution in [3.05, 3.63) is 12.3 Å². The van der Waals surface area contributed by atoms with Crippen LogP contribution in [0.2, 0.25) is 0 Å². The molecule has 1 aliphatic rings. The van der Waals surface area contributed by atoms with Gasteiger partial charge >= 0.3 is 7.12 Å². The predicted molar refractivity (Wildman–Crippen MR) is 62.2 cm³/mol. The third kappa shape index (κ3) is 1.78. The number of aromatic nitrogens is 2. The van der Waals surface area contributed by atoms with E-state index in [2.05, 4.69) is 9.97 Å². The first-order valence-electron chi connectivity index (χ1n) is 5.26. The molecule has 2 heterocycles. The summed E-state index contributed by atoms with van der Waals surface area (Å²) in [6.45, 7) is 7.94. The van der Waals surface area contributed by atoms with Crippen molar-refractivity contribution in [1.82, 2.24) is 9.97 Å². The molecule has 0 aliphatic carbocycles. The van der Waals surface area contributed by atoms with E-state index >= 15 is 0 Å². The Labute approximate surface area is 95.5 Å². The zero-order chi connectivity index (χ0) is 12.0. The highest BCUT2D eigenvalue weighted by Gasteiger charge is 2.53. The topological polar surface area (TPSA) is 70.3 Å². The molecule has 2 N–H and O–H groups in total. The van der Waals surface area contributed by atoms with Gasteiger partial charge in [0.05, 0.1) is 11.2 Å². The van der Waals surface area contributed by atoms with Crippen LogP contribution in [0.1, 0.15) is 27.7 Å². The van der Waals surface area contributed by atoms with Crippen LogP contribution >= 0.6 is 0 Å². The van der Waals surface area contributed by atoms with Gasteiger partial charge in [-0.1, -0.05) is 0 Å². The van der Waals surface area contributed by atoms with Gasteiger partial charge in [-0.15, -0.1) is 0 Å². The molecule has 0 saturated carbocycles. The number of anilines is 1. The fourth-order valence-corrected chi connectivity index (χ4v) is 1.45. The van der Waals surface area contributed by atoms with Crippen molar-refractivity contribution in [1.29, 1.82) is 0 Å². The van der Waals surface area contributed by atoms with E-state index in [0.29, 0.717) is 11.5 Å². The second-order valence-corrected chi connectivity index (χ2v) is 4.93. The number of nitrogens with two attached hydrogens (primary N) is 1. The van der Waals surface area contributed by atoms with Gasteiger partial charge in [0.1, 0.15) is 5.82 Å². The van der Waals surface area contributed by atoms with Crippen LogP contribution in [0.3, 0.4) is 0 Å². The maximum atomic E-state index is 5.80. The summed E-state index contributed by atoms with van der Waals surface area (Å²) in [5, 5.41) is 0. The molecule has 86 valence electrons. The molecule has 0 amide bonds. The zero-order valence-corrected chi connectivity index (χ0v) is 10.0. The maximum absolute atomic E-state index is 5.80. The van der Waals surface area contributed by atoms with E-state index in [1.807, 2.05) is 27.7 Å². The highest BCUT2D eigenvalue weighted by atomic mass is 16.7. The lowest BCUT2D eigenvalue weighted by Gasteiger charge is -2.32. The summed E-state index contributed by atoms with van der Waals surface area (Å²) in [6.07, 6.45) is 1.60. The van der Waals surface area contributed by atoms with Gasteiger partial charge in [-0.2, -0.15) is 0 Å². The van der Waals surface area contributed by atoms with Gasteiger partial charge < -0.3 is 15.0 Å². The summed E-state index contributed by atoms with van der Waals surface area (Å²) >= 11 is 0. The minimum Gasteiger partial charge on any atom is -0.397 e. The molecule has 1 aliphatic heterocycles. The zero-order valence-electron chi connectivity index (χ0n) is 10.0. The van der Waals surface area contributed by atoms with Gasteiger partial charge in [0, 0.05) is 6.20 Å². The van der Waals surface area contributed by atoms with Crippen molar-refractivity contribution in [2.75, 3.05) is 5.73 Å². The van der Waals surface area contributed by atoms with Crippen molar-refractivity contribution < 1.29 is 9.31 Å². The number of rotatable bonds is 1. The molecule has 16 heavy (non-hydrogen) atoms. The molecule has 1 fully saturated rings. The Bertz CT molecular complexity index is 393. The molecule has 0 radical (unpaired) electrons. The van der Waals surface area contributed by atoms with E-state index in [1.54, 1.807) is 12.3 Å². The molecule has 0 atom stereocenters. The van der Waals surface area contributed by atoms with Crippen LogP contribution < -0.4 is 11.5 Å². The van der Waals surface area contributed by atoms with Gasteiger partial charge in [0.25, 0.3) is 0 Å². The molecule has 1 aromatic rings. The summed E-state index contributed by atoms with van der Waals surface area (Å²) < 4.78 is 11.6. The molecular weight excluding hydrogens is 205 g/mol. The monoisotopic (exact) mass is 221 g/mol. The average Bonchev–Trinajstić information content (AvgIpc) is 2.36. The average molecular weight is 221 g/mol. The van der Waals surface area contributed by atoms with E-state index in [9.17, 15) is 0 Å². The van der Waals surface area contributed by atoms with Crippen LogP contribution in [0, 0.1) is 0 Å². The Morgan fingerprint density at radius 3 is 2.25 bits per heavy atom. The Morgan fingerprint density at radius 1 is 1.19 bits per heavy atom. The van der Waals surface area contributed by atoms with E-state index in [1.165, 1.54) is 0 Å². The minimum atomic E-state index is -0.548. The molecule has 0 aromatic carbocycles. The van der Waals surface area contributed by atoms with Gasteiger partial charge in [0.15, 0.2) is 5.72 Å². The second kappa shape index (κ2) is 3.43. The normalized spacial score (nSPS) is 22.4. The third-order valence-electron chi connectivity index (χ3n) is 3.16. The minimum absolute atomic E-state index is 0.383. The molecule has 1 saturated heterocycles. The Kier molecular flexibility index (Phi) is 2.43. The third-order valence-corrected chi connectivity index (χ3v) is 3.16. The van der Waals surface area contributed by atoms with Crippen LogP contribution in [-0.2, 0) is 9.31 Å². The number of nitrogen functional groups attached to an aromatic ring is 1. The van der Waals surface area contributed by atoms with Crippen molar-refractivity contribution >= 4 is 18.7 Å². The Balaban J connectivity index is 2.27. The Morgan fingerprint density at radius 2 is 1.75 bits per heavy atom. The molecule has 1 aromatic heterocycles. The number of hydrogen-bond acceptors (Lipinski definition) is 5. The molecule has 0 unspecified atom stereocenters. The fourth-order valence-electron chi connectivity index (χ4n) is 1.45. The van der Waals surface area contributed by atoms with Gasteiger partial charge in [-0.05, 0) is 33.8 Å².